The van der Waals surface area contributed by atoms with E-state index in [2.05, 4.69) is 29.1 Å². The predicted molar refractivity (Wildman–Crippen MR) is 102 cm³/mol. The van der Waals surface area contributed by atoms with Gasteiger partial charge in [0.15, 0.2) is 5.96 Å². The summed E-state index contributed by atoms with van der Waals surface area (Å²) in [6.45, 7) is 8.07. The fraction of sp³-hybridized carbons (Fsp3) is 0.812. The molecule has 7 heteroatoms. The van der Waals surface area contributed by atoms with E-state index in [4.69, 9.17) is 0 Å². The Morgan fingerprint density at radius 3 is 2.57 bits per heavy atom. The maximum absolute atomic E-state index is 11.8. The van der Waals surface area contributed by atoms with Crippen LogP contribution >= 0.6 is 24.0 Å². The molecule has 0 saturated carbocycles. The van der Waals surface area contributed by atoms with Crippen LogP contribution in [-0.2, 0) is 9.59 Å². The molecule has 0 spiro atoms. The number of carbonyl (C=O) groups is 2. The van der Waals surface area contributed by atoms with E-state index < -0.39 is 0 Å². The number of nitrogens with zero attached hydrogens (tertiary/aromatic N) is 3. The van der Waals surface area contributed by atoms with Crippen LogP contribution < -0.4 is 5.32 Å². The number of aliphatic imine (C=N–C) groups is 1. The quantitative estimate of drug-likeness (QED) is 0.316. The summed E-state index contributed by atoms with van der Waals surface area (Å²) in [6.07, 6.45) is 4.12. The lowest BCUT2D eigenvalue weighted by Gasteiger charge is -2.33. The molecule has 2 aliphatic heterocycles. The SMILES string of the molecule is CCNC(=NCCN1C(=O)CCCC1=O)N1CCCC(C)C1.I. The van der Waals surface area contributed by atoms with Crippen LogP contribution in [0, 0.1) is 5.92 Å². The van der Waals surface area contributed by atoms with E-state index in [0.717, 1.165) is 25.6 Å². The number of nitrogens with one attached hydrogen (secondary N) is 1. The Morgan fingerprint density at radius 2 is 1.96 bits per heavy atom. The Hall–Kier alpha value is -0.860. The van der Waals surface area contributed by atoms with Gasteiger partial charge in [-0.3, -0.25) is 19.5 Å². The molecule has 2 amide bonds. The van der Waals surface area contributed by atoms with E-state index >= 15 is 0 Å². The number of carbonyl (C=O) groups excluding carboxylic acids is 2. The normalized spacial score (nSPS) is 22.9. The first-order valence-corrected chi connectivity index (χ1v) is 8.48. The highest BCUT2D eigenvalue weighted by Gasteiger charge is 2.25. The number of halogens is 1. The summed E-state index contributed by atoms with van der Waals surface area (Å²) in [6, 6.07) is 0. The second kappa shape index (κ2) is 10.1. The van der Waals surface area contributed by atoms with E-state index in [1.807, 2.05) is 0 Å². The second-order valence-corrected chi connectivity index (χ2v) is 6.22. The Balaban J connectivity index is 0.00000264. The van der Waals surface area contributed by atoms with Crippen molar-refractivity contribution >= 4 is 41.8 Å². The molecule has 2 aliphatic rings. The van der Waals surface area contributed by atoms with Crippen LogP contribution in [0.15, 0.2) is 4.99 Å². The smallest absolute Gasteiger partial charge is 0.229 e. The van der Waals surface area contributed by atoms with E-state index in [-0.39, 0.29) is 35.8 Å². The zero-order valence-electron chi connectivity index (χ0n) is 14.2. The zero-order chi connectivity index (χ0) is 15.9. The third-order valence-corrected chi connectivity index (χ3v) is 4.26. The Morgan fingerprint density at radius 1 is 1.26 bits per heavy atom. The summed E-state index contributed by atoms with van der Waals surface area (Å²) >= 11 is 0. The predicted octanol–water partition coefficient (Wildman–Crippen LogP) is 1.84. The minimum Gasteiger partial charge on any atom is -0.357 e. The molecule has 2 fully saturated rings. The molecule has 1 unspecified atom stereocenters. The molecule has 0 aliphatic carbocycles. The van der Waals surface area contributed by atoms with Crippen LogP contribution in [-0.4, -0.2) is 60.3 Å². The van der Waals surface area contributed by atoms with E-state index in [0.29, 0.717) is 38.3 Å². The number of likely N-dealkylation sites (tertiary alicyclic amines) is 2. The molecule has 132 valence electrons. The summed E-state index contributed by atoms with van der Waals surface area (Å²) in [5, 5.41) is 3.32. The van der Waals surface area contributed by atoms with Crippen molar-refractivity contribution in [3.8, 4) is 0 Å². The highest BCUT2D eigenvalue weighted by molar-refractivity contribution is 14.0. The van der Waals surface area contributed by atoms with Gasteiger partial charge < -0.3 is 10.2 Å². The first-order chi connectivity index (χ1) is 10.6. The molecular formula is C16H29IN4O2. The van der Waals surface area contributed by atoms with Gasteiger partial charge in [-0.05, 0) is 32.1 Å². The van der Waals surface area contributed by atoms with Gasteiger partial charge in [0.1, 0.15) is 0 Å². The molecular weight excluding hydrogens is 407 g/mol. The van der Waals surface area contributed by atoms with E-state index in [1.54, 1.807) is 0 Å². The Bertz CT molecular complexity index is 426. The number of hydrogen-bond acceptors (Lipinski definition) is 3. The fourth-order valence-electron chi connectivity index (χ4n) is 3.11. The van der Waals surface area contributed by atoms with Gasteiger partial charge in [-0.1, -0.05) is 6.92 Å². The monoisotopic (exact) mass is 436 g/mol. The third kappa shape index (κ3) is 5.93. The lowest BCUT2D eigenvalue weighted by Crippen LogP contribution is -2.47. The largest absolute Gasteiger partial charge is 0.357 e. The van der Waals surface area contributed by atoms with Crippen LogP contribution in [0.25, 0.3) is 0 Å². The van der Waals surface area contributed by atoms with Crippen LogP contribution in [0.2, 0.25) is 0 Å². The minimum atomic E-state index is -0.0527. The standard InChI is InChI=1S/C16H28N4O2.HI/c1-3-17-16(19-10-5-6-13(2)12-19)18-9-11-20-14(21)7-4-8-15(20)22;/h13H,3-12H2,1-2H3,(H,17,18);1H. The average molecular weight is 436 g/mol. The van der Waals surface area contributed by atoms with Gasteiger partial charge in [-0.15, -0.1) is 24.0 Å². The molecule has 6 nitrogen and oxygen atoms in total. The van der Waals surface area contributed by atoms with Crippen LogP contribution in [0.4, 0.5) is 0 Å². The van der Waals surface area contributed by atoms with Gasteiger partial charge in [0.25, 0.3) is 0 Å². The van der Waals surface area contributed by atoms with E-state index in [1.165, 1.54) is 17.7 Å². The second-order valence-electron chi connectivity index (χ2n) is 6.22. The van der Waals surface area contributed by atoms with Crippen molar-refractivity contribution in [1.29, 1.82) is 0 Å². The molecule has 1 N–H and O–H groups in total. The van der Waals surface area contributed by atoms with Gasteiger partial charge in [-0.2, -0.15) is 0 Å². The maximum Gasteiger partial charge on any atom is 0.229 e. The van der Waals surface area contributed by atoms with Crippen molar-refractivity contribution in [2.75, 3.05) is 32.7 Å². The lowest BCUT2D eigenvalue weighted by molar-refractivity contribution is -0.147. The number of hydrogen-bond donors (Lipinski definition) is 1. The summed E-state index contributed by atoms with van der Waals surface area (Å²) in [5.74, 6) is 1.49. The maximum atomic E-state index is 11.8. The highest BCUT2D eigenvalue weighted by atomic mass is 127. The molecule has 0 aromatic carbocycles. The molecule has 1 atom stereocenters. The van der Waals surface area contributed by atoms with Crippen molar-refractivity contribution in [1.82, 2.24) is 15.1 Å². The third-order valence-electron chi connectivity index (χ3n) is 4.26. The van der Waals surface area contributed by atoms with Gasteiger partial charge in [0.05, 0.1) is 6.54 Å². The van der Waals surface area contributed by atoms with Crippen LogP contribution in [0.1, 0.15) is 46.0 Å². The highest BCUT2D eigenvalue weighted by Crippen LogP contribution is 2.15. The van der Waals surface area contributed by atoms with Crippen LogP contribution in [0.3, 0.4) is 0 Å². The van der Waals surface area contributed by atoms with Gasteiger partial charge in [0, 0.05) is 39.0 Å². The van der Waals surface area contributed by atoms with Crippen molar-refractivity contribution in [3.05, 3.63) is 0 Å². The van der Waals surface area contributed by atoms with Crippen molar-refractivity contribution < 1.29 is 9.59 Å². The number of imide groups is 1. The number of amides is 2. The van der Waals surface area contributed by atoms with Gasteiger partial charge in [0.2, 0.25) is 11.8 Å². The number of rotatable bonds is 4. The zero-order valence-corrected chi connectivity index (χ0v) is 16.5. The van der Waals surface area contributed by atoms with E-state index in [9.17, 15) is 9.59 Å². The summed E-state index contributed by atoms with van der Waals surface area (Å²) in [7, 11) is 0. The summed E-state index contributed by atoms with van der Waals surface area (Å²) in [4.78, 5) is 31.8. The summed E-state index contributed by atoms with van der Waals surface area (Å²) in [5.41, 5.74) is 0. The lowest BCUT2D eigenvalue weighted by atomic mass is 10.0. The molecule has 0 bridgehead atoms. The van der Waals surface area contributed by atoms with Crippen molar-refractivity contribution in [2.45, 2.75) is 46.0 Å². The van der Waals surface area contributed by atoms with Crippen LogP contribution in [0.5, 0.6) is 0 Å². The minimum absolute atomic E-state index is 0. The molecule has 0 aromatic rings. The number of guanidine groups is 1. The van der Waals surface area contributed by atoms with Crippen molar-refractivity contribution in [3.63, 3.8) is 0 Å². The summed E-state index contributed by atoms with van der Waals surface area (Å²) < 4.78 is 0. The fourth-order valence-corrected chi connectivity index (χ4v) is 3.11. The van der Waals surface area contributed by atoms with Crippen molar-refractivity contribution in [2.24, 2.45) is 10.9 Å². The molecule has 0 aromatic heterocycles. The molecule has 2 heterocycles. The topological polar surface area (TPSA) is 65.0 Å². The Kier molecular flexibility index (Phi) is 8.86. The number of piperidine rings is 2. The van der Waals surface area contributed by atoms with Gasteiger partial charge in [-0.25, -0.2) is 0 Å². The Labute approximate surface area is 156 Å². The molecule has 2 saturated heterocycles. The average Bonchev–Trinajstić information content (AvgIpc) is 2.49. The molecule has 2 rings (SSSR count). The first kappa shape index (κ1) is 20.2. The molecule has 0 radical (unpaired) electrons. The first-order valence-electron chi connectivity index (χ1n) is 8.48. The molecule has 23 heavy (non-hydrogen) atoms. The van der Waals surface area contributed by atoms with Gasteiger partial charge >= 0.3 is 0 Å².